The molecule has 3 rings (SSSR count). The second-order valence-electron chi connectivity index (χ2n) is 6.09. The largest absolute Gasteiger partial charge is 0.494 e. The fraction of sp³-hybridized carbons (Fsp3) is 0.316. The highest BCUT2D eigenvalue weighted by Crippen LogP contribution is 2.31. The number of sulfone groups is 1. The third kappa shape index (κ3) is 4.54. The van der Waals surface area contributed by atoms with Crippen LogP contribution in [0.5, 0.6) is 17.2 Å². The fourth-order valence-electron chi connectivity index (χ4n) is 2.79. The van der Waals surface area contributed by atoms with E-state index in [1.54, 1.807) is 36.4 Å². The zero-order valence-corrected chi connectivity index (χ0v) is 15.3. The predicted octanol–water partition coefficient (Wildman–Crippen LogP) is 3.25. The Balaban J connectivity index is 1.71. The maximum atomic E-state index is 12.4. The molecule has 1 fully saturated rings. The molecule has 1 saturated heterocycles. The van der Waals surface area contributed by atoms with Crippen molar-refractivity contribution >= 4 is 21.4 Å². The van der Waals surface area contributed by atoms with Gasteiger partial charge in [-0.2, -0.15) is 0 Å². The van der Waals surface area contributed by atoms with Crippen LogP contribution in [-0.4, -0.2) is 32.4 Å². The first kappa shape index (κ1) is 18.3. The van der Waals surface area contributed by atoms with E-state index in [-0.39, 0.29) is 17.4 Å². The van der Waals surface area contributed by atoms with Gasteiger partial charge in [0.15, 0.2) is 15.6 Å². The van der Waals surface area contributed by atoms with Gasteiger partial charge in [-0.3, -0.25) is 4.79 Å². The summed E-state index contributed by atoms with van der Waals surface area (Å²) < 4.78 is 34.4. The molecular weight excluding hydrogens is 354 g/mol. The van der Waals surface area contributed by atoms with E-state index in [9.17, 15) is 13.2 Å². The van der Waals surface area contributed by atoms with Crippen molar-refractivity contribution in [2.75, 3.05) is 23.4 Å². The molecule has 0 bridgehead atoms. The quantitative estimate of drug-likeness (QED) is 0.838. The molecule has 7 heteroatoms. The van der Waals surface area contributed by atoms with Gasteiger partial charge in [0.25, 0.3) is 0 Å². The highest BCUT2D eigenvalue weighted by Gasteiger charge is 2.33. The summed E-state index contributed by atoms with van der Waals surface area (Å²) in [5.41, 5.74) is 0.510. The smallest absolute Gasteiger partial charge is 0.228 e. The van der Waals surface area contributed by atoms with Gasteiger partial charge in [0.2, 0.25) is 5.91 Å². The zero-order valence-electron chi connectivity index (χ0n) is 14.5. The minimum absolute atomic E-state index is 0.0649. The first-order valence-corrected chi connectivity index (χ1v) is 10.3. The molecule has 0 aromatic heterocycles. The van der Waals surface area contributed by atoms with Gasteiger partial charge < -0.3 is 14.8 Å². The first-order chi connectivity index (χ1) is 12.5. The van der Waals surface area contributed by atoms with E-state index in [2.05, 4.69) is 5.32 Å². The molecule has 1 amide bonds. The minimum atomic E-state index is -3.10. The van der Waals surface area contributed by atoms with Gasteiger partial charge >= 0.3 is 0 Å². The average molecular weight is 375 g/mol. The van der Waals surface area contributed by atoms with Crippen molar-refractivity contribution in [2.24, 2.45) is 5.92 Å². The summed E-state index contributed by atoms with van der Waals surface area (Å²) in [6, 6.07) is 14.3. The molecule has 1 aliphatic rings. The third-order valence-corrected chi connectivity index (χ3v) is 5.88. The Morgan fingerprint density at radius 2 is 1.81 bits per heavy atom. The van der Waals surface area contributed by atoms with Crippen LogP contribution in [0.1, 0.15) is 13.3 Å². The van der Waals surface area contributed by atoms with Crippen molar-refractivity contribution < 1.29 is 22.7 Å². The normalized spacial score (nSPS) is 18.3. The Bertz CT molecular complexity index is 877. The number of para-hydroxylation sites is 2. The molecule has 0 aliphatic carbocycles. The van der Waals surface area contributed by atoms with Crippen LogP contribution in [0.3, 0.4) is 0 Å². The lowest BCUT2D eigenvalue weighted by Crippen LogP contribution is -2.23. The van der Waals surface area contributed by atoms with Gasteiger partial charge in [0.1, 0.15) is 11.5 Å². The molecular formula is C19H21NO5S. The molecule has 138 valence electrons. The lowest BCUT2D eigenvalue weighted by Gasteiger charge is -2.14. The maximum absolute atomic E-state index is 12.4. The van der Waals surface area contributed by atoms with Crippen molar-refractivity contribution in [1.82, 2.24) is 0 Å². The molecule has 1 heterocycles. The summed E-state index contributed by atoms with van der Waals surface area (Å²) in [5.74, 6) is 1.01. The summed E-state index contributed by atoms with van der Waals surface area (Å²) >= 11 is 0. The summed E-state index contributed by atoms with van der Waals surface area (Å²) in [5, 5.41) is 2.79. The highest BCUT2D eigenvalue weighted by molar-refractivity contribution is 7.91. The molecule has 1 aliphatic heterocycles. The molecule has 0 spiro atoms. The van der Waals surface area contributed by atoms with E-state index in [0.29, 0.717) is 30.2 Å². The number of benzene rings is 2. The van der Waals surface area contributed by atoms with Crippen LogP contribution in [-0.2, 0) is 14.6 Å². The first-order valence-electron chi connectivity index (χ1n) is 8.48. The zero-order chi connectivity index (χ0) is 18.6. The van der Waals surface area contributed by atoms with Crippen LogP contribution < -0.4 is 14.8 Å². The van der Waals surface area contributed by atoms with Crippen molar-refractivity contribution in [1.29, 1.82) is 0 Å². The Labute approximate surface area is 153 Å². The van der Waals surface area contributed by atoms with Crippen molar-refractivity contribution in [3.8, 4) is 17.2 Å². The van der Waals surface area contributed by atoms with Gasteiger partial charge in [-0.15, -0.1) is 0 Å². The topological polar surface area (TPSA) is 81.7 Å². The fourth-order valence-corrected chi connectivity index (χ4v) is 4.53. The Kier molecular flexibility index (Phi) is 5.46. The molecule has 26 heavy (non-hydrogen) atoms. The number of rotatable bonds is 6. The Morgan fingerprint density at radius 3 is 2.46 bits per heavy atom. The van der Waals surface area contributed by atoms with Crippen LogP contribution in [0.25, 0.3) is 0 Å². The van der Waals surface area contributed by atoms with Gasteiger partial charge in [-0.05, 0) is 49.7 Å². The van der Waals surface area contributed by atoms with E-state index >= 15 is 0 Å². The number of carbonyl (C=O) groups is 1. The number of nitrogens with one attached hydrogen (secondary N) is 1. The maximum Gasteiger partial charge on any atom is 0.228 e. The number of carbonyl (C=O) groups excluding carboxylic acids is 1. The Hall–Kier alpha value is -2.54. The van der Waals surface area contributed by atoms with Crippen LogP contribution in [0, 0.1) is 5.92 Å². The molecule has 1 atom stereocenters. The van der Waals surface area contributed by atoms with Crippen LogP contribution >= 0.6 is 0 Å². The summed E-state index contributed by atoms with van der Waals surface area (Å²) in [6.07, 6.45) is 0.357. The number of amides is 1. The number of hydrogen-bond acceptors (Lipinski definition) is 5. The highest BCUT2D eigenvalue weighted by atomic mass is 32.2. The van der Waals surface area contributed by atoms with Gasteiger partial charge in [0.05, 0.1) is 29.7 Å². The molecule has 0 saturated carbocycles. The molecule has 1 unspecified atom stereocenters. The second kappa shape index (κ2) is 7.78. The van der Waals surface area contributed by atoms with E-state index in [0.717, 1.165) is 5.75 Å². The monoisotopic (exact) mass is 375 g/mol. The van der Waals surface area contributed by atoms with E-state index in [1.807, 2.05) is 19.1 Å². The number of ether oxygens (including phenoxy) is 2. The molecule has 2 aromatic rings. The molecule has 0 radical (unpaired) electrons. The predicted molar refractivity (Wildman–Crippen MR) is 99.5 cm³/mol. The Morgan fingerprint density at radius 1 is 1.12 bits per heavy atom. The number of hydrogen-bond donors (Lipinski definition) is 1. The van der Waals surface area contributed by atoms with Gasteiger partial charge in [-0.25, -0.2) is 8.42 Å². The van der Waals surface area contributed by atoms with Crippen LogP contribution in [0.4, 0.5) is 5.69 Å². The molecule has 2 aromatic carbocycles. The lowest BCUT2D eigenvalue weighted by molar-refractivity contribution is -0.119. The lowest BCUT2D eigenvalue weighted by atomic mass is 10.1. The van der Waals surface area contributed by atoms with Crippen molar-refractivity contribution in [3.05, 3.63) is 48.5 Å². The summed E-state index contributed by atoms with van der Waals surface area (Å²) in [6.45, 7) is 2.50. The van der Waals surface area contributed by atoms with E-state index < -0.39 is 15.8 Å². The molecule has 1 N–H and O–H groups in total. The average Bonchev–Trinajstić information content (AvgIpc) is 2.99. The van der Waals surface area contributed by atoms with E-state index in [1.165, 1.54) is 0 Å². The SMILES string of the molecule is CCOc1ccc(Oc2ccccc2NC(=O)C2CCS(=O)(=O)C2)cc1. The van der Waals surface area contributed by atoms with E-state index in [4.69, 9.17) is 9.47 Å². The van der Waals surface area contributed by atoms with Gasteiger partial charge in [0, 0.05) is 0 Å². The van der Waals surface area contributed by atoms with Crippen LogP contribution in [0.2, 0.25) is 0 Å². The van der Waals surface area contributed by atoms with Gasteiger partial charge in [-0.1, -0.05) is 12.1 Å². The number of anilines is 1. The van der Waals surface area contributed by atoms with Crippen molar-refractivity contribution in [3.63, 3.8) is 0 Å². The third-order valence-electron chi connectivity index (χ3n) is 4.11. The summed E-state index contributed by atoms with van der Waals surface area (Å²) in [4.78, 5) is 12.4. The van der Waals surface area contributed by atoms with Crippen molar-refractivity contribution in [2.45, 2.75) is 13.3 Å². The molecule has 6 nitrogen and oxygen atoms in total. The standard InChI is InChI=1S/C19H21NO5S/c1-2-24-15-7-9-16(10-8-15)25-18-6-4-3-5-17(18)20-19(21)14-11-12-26(22,23)13-14/h3-10,14H,2,11-13H2,1H3,(H,20,21). The second-order valence-corrected chi connectivity index (χ2v) is 8.32. The minimum Gasteiger partial charge on any atom is -0.494 e. The van der Waals surface area contributed by atoms with Crippen LogP contribution in [0.15, 0.2) is 48.5 Å². The summed E-state index contributed by atoms with van der Waals surface area (Å²) in [7, 11) is -3.10.